The lowest BCUT2D eigenvalue weighted by Gasteiger charge is -2.22. The van der Waals surface area contributed by atoms with Crippen LogP contribution in [0.15, 0.2) is 18.3 Å². The third-order valence-electron chi connectivity index (χ3n) is 3.70. The number of aromatic nitrogens is 2. The molecule has 1 amide bonds. The van der Waals surface area contributed by atoms with E-state index in [1.54, 1.807) is 18.3 Å². The first-order chi connectivity index (χ1) is 10.1. The molecule has 5 nitrogen and oxygen atoms in total. The smallest absolute Gasteiger partial charge is 0.274 e. The lowest BCUT2D eigenvalue weighted by Crippen LogP contribution is -2.35. The fraction of sp³-hybridized carbons (Fsp3) is 0.467. The van der Waals surface area contributed by atoms with Gasteiger partial charge in [-0.3, -0.25) is 9.20 Å². The summed E-state index contributed by atoms with van der Waals surface area (Å²) in [6.07, 6.45) is 4.68. The fourth-order valence-corrected chi connectivity index (χ4v) is 2.52. The molecule has 1 aliphatic heterocycles. The molecule has 3 rings (SSSR count). The van der Waals surface area contributed by atoms with E-state index in [1.807, 2.05) is 6.92 Å². The normalized spacial score (nSPS) is 18.9. The molecule has 1 aliphatic rings. The van der Waals surface area contributed by atoms with Gasteiger partial charge in [-0.2, -0.15) is 4.39 Å². The van der Waals surface area contributed by atoms with Crippen molar-refractivity contribution in [3.05, 3.63) is 35.5 Å². The molecular weight excluding hydrogens is 273 g/mol. The van der Waals surface area contributed by atoms with Gasteiger partial charge >= 0.3 is 0 Å². The number of hydrogen-bond acceptors (Lipinski definition) is 3. The van der Waals surface area contributed by atoms with Gasteiger partial charge in [0, 0.05) is 19.3 Å². The van der Waals surface area contributed by atoms with Gasteiger partial charge < -0.3 is 10.1 Å². The Bertz CT molecular complexity index is 662. The minimum absolute atomic E-state index is 0.0186. The van der Waals surface area contributed by atoms with Gasteiger partial charge in [-0.05, 0) is 43.9 Å². The number of pyridine rings is 1. The zero-order chi connectivity index (χ0) is 14.8. The zero-order valence-corrected chi connectivity index (χ0v) is 11.9. The van der Waals surface area contributed by atoms with Crippen molar-refractivity contribution in [1.82, 2.24) is 14.7 Å². The van der Waals surface area contributed by atoms with Crippen molar-refractivity contribution in [2.24, 2.45) is 0 Å². The summed E-state index contributed by atoms with van der Waals surface area (Å²) in [6.45, 7) is 3.01. The highest BCUT2D eigenvalue weighted by atomic mass is 19.1. The SMILES string of the molecule is Cc1ccn2c(F)c(C(=O)NC[C@@H]3CCCCO3)nc2c1. The van der Waals surface area contributed by atoms with Crippen LogP contribution in [0.3, 0.4) is 0 Å². The predicted molar refractivity (Wildman–Crippen MR) is 75.8 cm³/mol. The maximum atomic E-state index is 14.2. The molecule has 0 saturated carbocycles. The number of halogens is 1. The second kappa shape index (κ2) is 5.81. The largest absolute Gasteiger partial charge is 0.376 e. The van der Waals surface area contributed by atoms with Crippen LogP contribution in [-0.4, -0.2) is 34.5 Å². The molecule has 2 aromatic heterocycles. The van der Waals surface area contributed by atoms with E-state index in [0.29, 0.717) is 12.2 Å². The summed E-state index contributed by atoms with van der Waals surface area (Å²) in [5, 5.41) is 2.71. The van der Waals surface area contributed by atoms with Gasteiger partial charge in [0.1, 0.15) is 5.65 Å². The Morgan fingerprint density at radius 2 is 2.43 bits per heavy atom. The van der Waals surface area contributed by atoms with Gasteiger partial charge in [-0.15, -0.1) is 0 Å². The molecule has 21 heavy (non-hydrogen) atoms. The molecule has 112 valence electrons. The maximum absolute atomic E-state index is 14.2. The van der Waals surface area contributed by atoms with Crippen LogP contribution in [0.5, 0.6) is 0 Å². The zero-order valence-electron chi connectivity index (χ0n) is 11.9. The molecule has 0 aliphatic carbocycles. The summed E-state index contributed by atoms with van der Waals surface area (Å²) in [5.41, 5.74) is 1.23. The van der Waals surface area contributed by atoms with Crippen molar-refractivity contribution >= 4 is 11.6 Å². The Hall–Kier alpha value is -1.95. The number of hydrogen-bond donors (Lipinski definition) is 1. The first-order valence-electron chi connectivity index (χ1n) is 7.19. The van der Waals surface area contributed by atoms with Gasteiger partial charge in [0.2, 0.25) is 5.95 Å². The molecule has 2 aromatic rings. The van der Waals surface area contributed by atoms with E-state index in [1.165, 1.54) is 4.40 Å². The number of rotatable bonds is 3. The summed E-state index contributed by atoms with van der Waals surface area (Å²) in [7, 11) is 0. The van der Waals surface area contributed by atoms with Crippen molar-refractivity contribution in [2.45, 2.75) is 32.3 Å². The molecule has 1 saturated heterocycles. The lowest BCUT2D eigenvalue weighted by atomic mass is 10.1. The van der Waals surface area contributed by atoms with Crippen LogP contribution in [0.25, 0.3) is 5.65 Å². The average Bonchev–Trinajstić information content (AvgIpc) is 2.82. The van der Waals surface area contributed by atoms with Crippen LogP contribution in [0, 0.1) is 12.9 Å². The third kappa shape index (κ3) is 2.90. The number of nitrogens with one attached hydrogen (secondary N) is 1. The Balaban J connectivity index is 1.73. The van der Waals surface area contributed by atoms with E-state index in [2.05, 4.69) is 10.3 Å². The maximum Gasteiger partial charge on any atom is 0.274 e. The van der Waals surface area contributed by atoms with E-state index in [-0.39, 0.29) is 11.8 Å². The number of nitrogens with zero attached hydrogens (tertiary/aromatic N) is 2. The first kappa shape index (κ1) is 14.0. The Labute approximate surface area is 122 Å². The van der Waals surface area contributed by atoms with E-state index >= 15 is 0 Å². The van der Waals surface area contributed by atoms with Gasteiger partial charge in [-0.25, -0.2) is 4.98 Å². The van der Waals surface area contributed by atoms with E-state index in [0.717, 1.165) is 31.4 Å². The number of fused-ring (bicyclic) bond motifs is 1. The molecule has 1 N–H and O–H groups in total. The summed E-state index contributed by atoms with van der Waals surface area (Å²) < 4.78 is 21.0. The van der Waals surface area contributed by atoms with Gasteiger partial charge in [0.25, 0.3) is 5.91 Å². The molecule has 0 unspecified atom stereocenters. The molecule has 0 radical (unpaired) electrons. The molecule has 0 spiro atoms. The highest BCUT2D eigenvalue weighted by molar-refractivity contribution is 5.93. The molecule has 1 atom stereocenters. The van der Waals surface area contributed by atoms with E-state index < -0.39 is 11.9 Å². The Morgan fingerprint density at radius 1 is 1.57 bits per heavy atom. The van der Waals surface area contributed by atoms with E-state index in [4.69, 9.17) is 4.74 Å². The van der Waals surface area contributed by atoms with E-state index in [9.17, 15) is 9.18 Å². The van der Waals surface area contributed by atoms with Crippen molar-refractivity contribution in [3.8, 4) is 0 Å². The quantitative estimate of drug-likeness (QED) is 0.942. The summed E-state index contributed by atoms with van der Waals surface area (Å²) in [5.74, 6) is -1.13. The van der Waals surface area contributed by atoms with Crippen LogP contribution in [0.2, 0.25) is 0 Å². The van der Waals surface area contributed by atoms with Crippen molar-refractivity contribution in [2.75, 3.05) is 13.2 Å². The molecule has 1 fully saturated rings. The summed E-state index contributed by atoms with van der Waals surface area (Å²) in [6, 6.07) is 3.51. The molecular formula is C15H18FN3O2. The highest BCUT2D eigenvalue weighted by Gasteiger charge is 2.21. The molecule has 6 heteroatoms. The second-order valence-electron chi connectivity index (χ2n) is 5.38. The van der Waals surface area contributed by atoms with Gasteiger partial charge in [-0.1, -0.05) is 0 Å². The Morgan fingerprint density at radius 3 is 3.19 bits per heavy atom. The highest BCUT2D eigenvalue weighted by Crippen LogP contribution is 2.14. The lowest BCUT2D eigenvalue weighted by molar-refractivity contribution is 0.0168. The van der Waals surface area contributed by atoms with Crippen LogP contribution >= 0.6 is 0 Å². The number of carbonyl (C=O) groups excluding carboxylic acids is 1. The predicted octanol–water partition coefficient (Wildman–Crippen LogP) is 2.08. The van der Waals surface area contributed by atoms with Crippen molar-refractivity contribution < 1.29 is 13.9 Å². The van der Waals surface area contributed by atoms with Gasteiger partial charge in [0.15, 0.2) is 5.69 Å². The molecule has 0 aromatic carbocycles. The van der Waals surface area contributed by atoms with Crippen LogP contribution in [0.4, 0.5) is 4.39 Å². The fourth-order valence-electron chi connectivity index (χ4n) is 2.52. The van der Waals surface area contributed by atoms with Crippen LogP contribution in [-0.2, 0) is 4.74 Å². The summed E-state index contributed by atoms with van der Waals surface area (Å²) in [4.78, 5) is 16.2. The number of amides is 1. The molecule has 3 heterocycles. The average molecular weight is 291 g/mol. The number of imidazole rings is 1. The number of ether oxygens (including phenoxy) is 1. The monoisotopic (exact) mass is 291 g/mol. The van der Waals surface area contributed by atoms with Crippen LogP contribution in [0.1, 0.15) is 35.3 Å². The Kier molecular flexibility index (Phi) is 3.88. The van der Waals surface area contributed by atoms with Crippen LogP contribution < -0.4 is 5.32 Å². The number of aryl methyl sites for hydroxylation is 1. The number of carbonyl (C=O) groups is 1. The minimum atomic E-state index is -0.632. The standard InChI is InChI=1S/C15H18FN3O2/c1-10-5-6-19-12(8-10)18-13(14(19)16)15(20)17-9-11-4-2-3-7-21-11/h5-6,8,11H,2-4,7,9H2,1H3,(H,17,20)/t11-/m0/s1. The summed E-state index contributed by atoms with van der Waals surface area (Å²) >= 11 is 0. The van der Waals surface area contributed by atoms with Crippen molar-refractivity contribution in [1.29, 1.82) is 0 Å². The molecule has 0 bridgehead atoms. The first-order valence-corrected chi connectivity index (χ1v) is 7.19. The topological polar surface area (TPSA) is 55.6 Å². The van der Waals surface area contributed by atoms with Gasteiger partial charge in [0.05, 0.1) is 6.10 Å². The minimum Gasteiger partial charge on any atom is -0.376 e. The third-order valence-corrected chi connectivity index (χ3v) is 3.70. The second-order valence-corrected chi connectivity index (χ2v) is 5.38. The van der Waals surface area contributed by atoms with Crippen molar-refractivity contribution in [3.63, 3.8) is 0 Å².